The molecule has 0 aliphatic heterocycles. The Kier molecular flexibility index (Phi) is 9.57. The second kappa shape index (κ2) is 12.1. The van der Waals surface area contributed by atoms with Gasteiger partial charge in [0.05, 0.1) is 7.11 Å². The van der Waals surface area contributed by atoms with Crippen LogP contribution in [0.2, 0.25) is 0 Å². The van der Waals surface area contributed by atoms with Crippen LogP contribution in [-0.4, -0.2) is 36.4 Å². The molecule has 0 aliphatic carbocycles. The van der Waals surface area contributed by atoms with Gasteiger partial charge in [0, 0.05) is 19.5 Å². The third-order valence-electron chi connectivity index (χ3n) is 5.50. The number of hydrogen-bond acceptors (Lipinski definition) is 3. The zero-order valence-corrected chi connectivity index (χ0v) is 19.5. The number of nitrogens with one attached hydrogen (secondary N) is 1. The summed E-state index contributed by atoms with van der Waals surface area (Å²) in [5, 5.41) is 2.91. The summed E-state index contributed by atoms with van der Waals surface area (Å²) in [6.45, 7) is 9.13. The van der Waals surface area contributed by atoms with Crippen molar-refractivity contribution in [2.24, 2.45) is 0 Å². The van der Waals surface area contributed by atoms with Gasteiger partial charge in [-0.15, -0.1) is 0 Å². The van der Waals surface area contributed by atoms with E-state index in [2.05, 4.69) is 43.4 Å². The monoisotopic (exact) mass is 424 g/mol. The predicted octanol–water partition coefficient (Wildman–Crippen LogP) is 4.69. The fourth-order valence-corrected chi connectivity index (χ4v) is 3.37. The highest BCUT2D eigenvalue weighted by Crippen LogP contribution is 2.18. The Morgan fingerprint density at radius 2 is 1.58 bits per heavy atom. The molecule has 0 spiro atoms. The van der Waals surface area contributed by atoms with Gasteiger partial charge in [-0.25, -0.2) is 0 Å². The van der Waals surface area contributed by atoms with Crippen LogP contribution in [0.3, 0.4) is 0 Å². The normalized spacial score (nSPS) is 11.8. The van der Waals surface area contributed by atoms with Crippen molar-refractivity contribution in [3.8, 4) is 5.75 Å². The van der Waals surface area contributed by atoms with Crippen LogP contribution in [-0.2, 0) is 22.6 Å². The maximum Gasteiger partial charge on any atom is 0.242 e. The van der Waals surface area contributed by atoms with Gasteiger partial charge in [0.2, 0.25) is 11.8 Å². The minimum absolute atomic E-state index is 0.0251. The minimum atomic E-state index is -0.538. The van der Waals surface area contributed by atoms with Gasteiger partial charge in [-0.1, -0.05) is 57.2 Å². The average Bonchev–Trinajstić information content (AvgIpc) is 2.79. The number of ether oxygens (including phenoxy) is 1. The zero-order valence-electron chi connectivity index (χ0n) is 19.5. The van der Waals surface area contributed by atoms with Crippen LogP contribution in [0.25, 0.3) is 0 Å². The van der Waals surface area contributed by atoms with Crippen molar-refractivity contribution >= 4 is 11.8 Å². The smallest absolute Gasteiger partial charge is 0.242 e. The van der Waals surface area contributed by atoms with E-state index < -0.39 is 6.04 Å². The van der Waals surface area contributed by atoms with Gasteiger partial charge >= 0.3 is 0 Å². The lowest BCUT2D eigenvalue weighted by atomic mass is 10.00. The number of aryl methyl sites for hydroxylation is 1. The Morgan fingerprint density at radius 3 is 2.13 bits per heavy atom. The summed E-state index contributed by atoms with van der Waals surface area (Å²) in [5.74, 6) is 1.10. The minimum Gasteiger partial charge on any atom is -0.497 e. The Morgan fingerprint density at radius 1 is 0.968 bits per heavy atom. The lowest BCUT2D eigenvalue weighted by molar-refractivity contribution is -0.140. The fourth-order valence-electron chi connectivity index (χ4n) is 3.37. The van der Waals surface area contributed by atoms with E-state index in [9.17, 15) is 9.59 Å². The average molecular weight is 425 g/mol. The second-order valence-electron chi connectivity index (χ2n) is 8.23. The van der Waals surface area contributed by atoms with Crippen molar-refractivity contribution in [2.45, 2.75) is 65.5 Å². The van der Waals surface area contributed by atoms with E-state index in [0.717, 1.165) is 23.3 Å². The molecule has 5 nitrogen and oxygen atoms in total. The number of amides is 2. The number of carbonyl (C=O) groups is 2. The van der Waals surface area contributed by atoms with E-state index in [1.807, 2.05) is 31.2 Å². The van der Waals surface area contributed by atoms with Crippen LogP contribution >= 0.6 is 0 Å². The molecule has 168 valence electrons. The number of nitrogens with zero attached hydrogens (tertiary/aromatic N) is 1. The summed E-state index contributed by atoms with van der Waals surface area (Å²) in [4.78, 5) is 27.4. The summed E-state index contributed by atoms with van der Waals surface area (Å²) in [5.41, 5.74) is 3.38. The van der Waals surface area contributed by atoms with Gasteiger partial charge < -0.3 is 15.0 Å². The molecule has 0 saturated heterocycles. The van der Waals surface area contributed by atoms with Crippen LogP contribution < -0.4 is 10.1 Å². The summed E-state index contributed by atoms with van der Waals surface area (Å²) >= 11 is 0. The molecular formula is C26H36N2O3. The quantitative estimate of drug-likeness (QED) is 0.569. The second-order valence-corrected chi connectivity index (χ2v) is 8.23. The standard InChI is InChI=1S/C26H36N2O3/c1-6-17-27-26(30)20(4)28(18-22-9-14-24(31-5)15-10-22)25(29)16-11-21-7-12-23(13-8-21)19(2)3/h7-10,12-15,19-20H,6,11,16-18H2,1-5H3,(H,27,30)/t20-/m0/s1. The summed E-state index contributed by atoms with van der Waals surface area (Å²) in [6, 6.07) is 15.5. The van der Waals surface area contributed by atoms with E-state index in [-0.39, 0.29) is 11.8 Å². The number of rotatable bonds is 11. The molecule has 0 fully saturated rings. The van der Waals surface area contributed by atoms with Crippen molar-refractivity contribution in [2.75, 3.05) is 13.7 Å². The van der Waals surface area contributed by atoms with Gasteiger partial charge in [0.1, 0.15) is 11.8 Å². The van der Waals surface area contributed by atoms with Gasteiger partial charge in [-0.05, 0) is 54.5 Å². The van der Waals surface area contributed by atoms with Crippen molar-refractivity contribution in [3.05, 3.63) is 65.2 Å². The van der Waals surface area contributed by atoms with Crippen LogP contribution in [0.4, 0.5) is 0 Å². The largest absolute Gasteiger partial charge is 0.497 e. The molecule has 1 atom stereocenters. The predicted molar refractivity (Wildman–Crippen MR) is 125 cm³/mol. The van der Waals surface area contributed by atoms with E-state index in [1.54, 1.807) is 18.9 Å². The zero-order chi connectivity index (χ0) is 22.8. The SMILES string of the molecule is CCCNC(=O)[C@H](C)N(Cc1ccc(OC)cc1)C(=O)CCc1ccc(C(C)C)cc1. The lowest BCUT2D eigenvalue weighted by Crippen LogP contribution is -2.47. The summed E-state index contributed by atoms with van der Waals surface area (Å²) in [7, 11) is 1.62. The van der Waals surface area contributed by atoms with Crippen molar-refractivity contribution in [1.82, 2.24) is 10.2 Å². The highest BCUT2D eigenvalue weighted by Gasteiger charge is 2.25. The molecule has 0 aromatic heterocycles. The highest BCUT2D eigenvalue weighted by atomic mass is 16.5. The molecule has 0 bridgehead atoms. The Hall–Kier alpha value is -2.82. The molecular weight excluding hydrogens is 388 g/mol. The first-order chi connectivity index (χ1) is 14.8. The molecule has 2 aromatic rings. The third kappa shape index (κ3) is 7.42. The Bertz CT molecular complexity index is 829. The van der Waals surface area contributed by atoms with Gasteiger partial charge in [0.15, 0.2) is 0 Å². The number of methoxy groups -OCH3 is 1. The van der Waals surface area contributed by atoms with Crippen molar-refractivity contribution in [1.29, 1.82) is 0 Å². The molecule has 5 heteroatoms. The Balaban J connectivity index is 2.11. The molecule has 0 aliphatic rings. The maximum atomic E-state index is 13.2. The van der Waals surface area contributed by atoms with Crippen molar-refractivity contribution in [3.63, 3.8) is 0 Å². The third-order valence-corrected chi connectivity index (χ3v) is 5.50. The van der Waals surface area contributed by atoms with Crippen LogP contribution in [0.1, 0.15) is 63.1 Å². The summed E-state index contributed by atoms with van der Waals surface area (Å²) < 4.78 is 5.22. The number of benzene rings is 2. The van der Waals surface area contributed by atoms with E-state index >= 15 is 0 Å². The summed E-state index contributed by atoms with van der Waals surface area (Å²) in [6.07, 6.45) is 1.87. The van der Waals surface area contributed by atoms with Crippen LogP contribution in [0, 0.1) is 0 Å². The molecule has 2 rings (SSSR count). The van der Waals surface area contributed by atoms with Crippen molar-refractivity contribution < 1.29 is 14.3 Å². The molecule has 2 aromatic carbocycles. The first kappa shape index (κ1) is 24.4. The molecule has 31 heavy (non-hydrogen) atoms. The highest BCUT2D eigenvalue weighted by molar-refractivity contribution is 5.87. The topological polar surface area (TPSA) is 58.6 Å². The number of carbonyl (C=O) groups excluding carboxylic acids is 2. The van der Waals surface area contributed by atoms with E-state index in [0.29, 0.717) is 31.8 Å². The van der Waals surface area contributed by atoms with E-state index in [4.69, 9.17) is 4.74 Å². The molecule has 0 saturated carbocycles. The van der Waals surface area contributed by atoms with Gasteiger partial charge in [-0.3, -0.25) is 9.59 Å². The molecule has 0 radical (unpaired) electrons. The van der Waals surface area contributed by atoms with Crippen LogP contribution in [0.15, 0.2) is 48.5 Å². The maximum absolute atomic E-state index is 13.2. The molecule has 2 amide bonds. The Labute approximate surface area is 186 Å². The van der Waals surface area contributed by atoms with Gasteiger partial charge in [0.25, 0.3) is 0 Å². The van der Waals surface area contributed by atoms with Gasteiger partial charge in [-0.2, -0.15) is 0 Å². The fraction of sp³-hybridized carbons (Fsp3) is 0.462. The number of hydrogen-bond donors (Lipinski definition) is 1. The first-order valence-corrected chi connectivity index (χ1v) is 11.1. The molecule has 0 heterocycles. The lowest BCUT2D eigenvalue weighted by Gasteiger charge is -2.29. The molecule has 0 unspecified atom stereocenters. The first-order valence-electron chi connectivity index (χ1n) is 11.1. The van der Waals surface area contributed by atoms with E-state index in [1.165, 1.54) is 5.56 Å². The van der Waals surface area contributed by atoms with Crippen LogP contribution in [0.5, 0.6) is 5.75 Å². The molecule has 1 N–H and O–H groups in total.